The number of carbonyl (C=O) groups is 2. The van der Waals surface area contributed by atoms with Crippen molar-refractivity contribution in [3.8, 4) is 0 Å². The van der Waals surface area contributed by atoms with Crippen molar-refractivity contribution in [2.24, 2.45) is 0 Å². The minimum absolute atomic E-state index is 0.00190. The van der Waals surface area contributed by atoms with Crippen molar-refractivity contribution in [2.45, 2.75) is 168 Å². The first-order chi connectivity index (χ1) is 22.5. The molecule has 0 radical (unpaired) electrons. The Kier molecular flexibility index (Phi) is 27.1. The molecule has 0 aromatic carbocycles. The van der Waals surface area contributed by atoms with Gasteiger partial charge in [0.25, 0.3) is 0 Å². The van der Waals surface area contributed by atoms with E-state index in [-0.39, 0.29) is 18.5 Å². The number of aromatic nitrogens is 2. The molecule has 1 rings (SSSR count). The molecule has 0 unspecified atom stereocenters. The molecule has 0 aliphatic heterocycles. The summed E-state index contributed by atoms with van der Waals surface area (Å²) >= 11 is 0. The second-order valence-corrected chi connectivity index (χ2v) is 12.9. The summed E-state index contributed by atoms with van der Waals surface area (Å²) in [4.78, 5) is 34.6. The highest BCUT2D eigenvalue weighted by atomic mass is 16.5. The first-order valence-corrected chi connectivity index (χ1v) is 18.9. The number of aliphatic carboxylic acids is 1. The molecule has 3 N–H and O–H groups in total. The van der Waals surface area contributed by atoms with Gasteiger partial charge in [-0.15, -0.1) is 0 Å². The first kappa shape index (κ1) is 41.6. The van der Waals surface area contributed by atoms with E-state index in [9.17, 15) is 9.59 Å². The zero-order valence-corrected chi connectivity index (χ0v) is 29.8. The van der Waals surface area contributed by atoms with Crippen LogP contribution in [0, 0.1) is 0 Å². The van der Waals surface area contributed by atoms with Crippen LogP contribution in [0.4, 0.5) is 11.6 Å². The lowest BCUT2D eigenvalue weighted by atomic mass is 10.0. The maximum absolute atomic E-state index is 12.6. The number of carbonyl (C=O) groups excluding carboxylic acids is 1. The Labute approximate surface area is 281 Å². The molecule has 9 heteroatoms. The summed E-state index contributed by atoms with van der Waals surface area (Å²) < 4.78 is 5.95. The number of anilines is 2. The molecule has 9 nitrogen and oxygen atoms in total. The molecule has 0 saturated heterocycles. The Bertz CT molecular complexity index is 860. The van der Waals surface area contributed by atoms with Crippen LogP contribution in [-0.2, 0) is 14.3 Å². The highest BCUT2D eigenvalue weighted by Crippen LogP contribution is 2.18. The van der Waals surface area contributed by atoms with Gasteiger partial charge in [-0.05, 0) is 77.4 Å². The van der Waals surface area contributed by atoms with E-state index in [1.165, 1.54) is 64.2 Å². The quantitative estimate of drug-likeness (QED) is 0.0507. The molecule has 0 bridgehead atoms. The zero-order valence-electron chi connectivity index (χ0n) is 29.8. The molecule has 0 aliphatic rings. The molecule has 266 valence electrons. The molecule has 0 saturated carbocycles. The number of nitrogens with zero attached hydrogens (tertiary/aromatic N) is 3. The van der Waals surface area contributed by atoms with E-state index < -0.39 is 5.97 Å². The van der Waals surface area contributed by atoms with Crippen molar-refractivity contribution in [1.82, 2.24) is 14.9 Å². The lowest BCUT2D eigenvalue weighted by Gasteiger charge is -2.22. The lowest BCUT2D eigenvalue weighted by molar-refractivity contribution is -0.150. The van der Waals surface area contributed by atoms with E-state index >= 15 is 0 Å². The third-order valence-corrected chi connectivity index (χ3v) is 8.66. The molecule has 1 aromatic rings. The van der Waals surface area contributed by atoms with Gasteiger partial charge in [-0.25, -0.2) is 9.97 Å². The summed E-state index contributed by atoms with van der Waals surface area (Å²) in [6, 6.07) is 0. The average Bonchev–Trinajstić information content (AvgIpc) is 3.05. The number of esters is 1. The summed E-state index contributed by atoms with van der Waals surface area (Å²) in [6.45, 7) is 8.51. The number of carboxylic acid groups (broad SMARTS) is 1. The van der Waals surface area contributed by atoms with Crippen LogP contribution in [0.15, 0.2) is 12.4 Å². The van der Waals surface area contributed by atoms with Crippen LogP contribution < -0.4 is 10.6 Å². The minimum Gasteiger partial charge on any atom is -0.481 e. The summed E-state index contributed by atoms with van der Waals surface area (Å²) in [5.41, 5.74) is 0. The predicted octanol–water partition coefficient (Wildman–Crippen LogP) is 9.24. The Morgan fingerprint density at radius 2 is 1.20 bits per heavy atom. The zero-order chi connectivity index (χ0) is 33.5. The van der Waals surface area contributed by atoms with Crippen molar-refractivity contribution in [3.05, 3.63) is 12.4 Å². The van der Waals surface area contributed by atoms with Crippen LogP contribution >= 0.6 is 0 Å². The molecule has 0 amide bonds. The van der Waals surface area contributed by atoms with Gasteiger partial charge in [0.1, 0.15) is 6.10 Å². The standard InChI is InChI=1S/C37H69N5O4/c1-4-6-8-16-23-33(24-17-9-7-5-2)46-35(45)26-19-13-11-15-21-31-42(30-20-14-10-12-18-25-34(43)44)32-22-27-39-37-36(38-3)40-28-29-41-37/h28-29,33H,4-27,30-32H2,1-3H3,(H,38,40)(H,39,41)(H,43,44). The number of carboxylic acids is 1. The molecule has 0 spiro atoms. The van der Waals surface area contributed by atoms with Crippen molar-refractivity contribution in [2.75, 3.05) is 43.9 Å². The number of unbranched alkanes of at least 4 members (excludes halogenated alkanes) is 14. The summed E-state index contributed by atoms with van der Waals surface area (Å²) in [7, 11) is 1.85. The smallest absolute Gasteiger partial charge is 0.306 e. The molecule has 46 heavy (non-hydrogen) atoms. The van der Waals surface area contributed by atoms with Crippen LogP contribution in [0.5, 0.6) is 0 Å². The highest BCUT2D eigenvalue weighted by Gasteiger charge is 2.14. The van der Waals surface area contributed by atoms with Crippen LogP contribution in [0.25, 0.3) is 0 Å². The maximum Gasteiger partial charge on any atom is 0.306 e. The lowest BCUT2D eigenvalue weighted by Crippen LogP contribution is -2.28. The van der Waals surface area contributed by atoms with Crippen LogP contribution in [0.3, 0.4) is 0 Å². The number of hydrogen-bond acceptors (Lipinski definition) is 8. The first-order valence-electron chi connectivity index (χ1n) is 18.9. The van der Waals surface area contributed by atoms with E-state index in [1.807, 2.05) is 7.05 Å². The molecular weight excluding hydrogens is 578 g/mol. The fourth-order valence-electron chi connectivity index (χ4n) is 5.88. The number of nitrogens with one attached hydrogen (secondary N) is 2. The largest absolute Gasteiger partial charge is 0.481 e. The van der Waals surface area contributed by atoms with Gasteiger partial charge in [-0.1, -0.05) is 90.9 Å². The van der Waals surface area contributed by atoms with Gasteiger partial charge in [-0.3, -0.25) is 9.59 Å². The number of ether oxygens (including phenoxy) is 1. The van der Waals surface area contributed by atoms with Crippen LogP contribution in [0.1, 0.15) is 162 Å². The third kappa shape index (κ3) is 23.9. The van der Waals surface area contributed by atoms with Gasteiger partial charge in [0.05, 0.1) is 0 Å². The fraction of sp³-hybridized carbons (Fsp3) is 0.838. The normalized spacial score (nSPS) is 11.3. The van der Waals surface area contributed by atoms with Crippen molar-refractivity contribution < 1.29 is 19.4 Å². The Hall–Kier alpha value is -2.42. The van der Waals surface area contributed by atoms with Gasteiger partial charge in [0.15, 0.2) is 11.6 Å². The second kappa shape index (κ2) is 29.9. The van der Waals surface area contributed by atoms with Crippen molar-refractivity contribution in [1.29, 1.82) is 0 Å². The molecular formula is C37H69N5O4. The Balaban J connectivity index is 2.33. The predicted molar refractivity (Wildman–Crippen MR) is 192 cm³/mol. The van der Waals surface area contributed by atoms with Crippen molar-refractivity contribution >= 4 is 23.6 Å². The molecule has 1 aromatic heterocycles. The van der Waals surface area contributed by atoms with Gasteiger partial charge in [0.2, 0.25) is 0 Å². The van der Waals surface area contributed by atoms with Gasteiger partial charge in [0, 0.05) is 38.8 Å². The van der Waals surface area contributed by atoms with Gasteiger partial charge in [-0.2, -0.15) is 0 Å². The third-order valence-electron chi connectivity index (χ3n) is 8.66. The maximum atomic E-state index is 12.6. The molecule has 0 aliphatic carbocycles. The minimum atomic E-state index is -0.696. The van der Waals surface area contributed by atoms with Gasteiger partial charge >= 0.3 is 11.9 Å². The molecule has 0 fully saturated rings. The summed E-state index contributed by atoms with van der Waals surface area (Å²) in [5, 5.41) is 15.3. The SMILES string of the molecule is CCCCCCC(CCCCCC)OC(=O)CCCCCCCN(CCCCCCCC(=O)O)CCCNc1nccnc1NC. The molecule has 1 heterocycles. The van der Waals surface area contributed by atoms with E-state index in [0.29, 0.717) is 6.42 Å². The van der Waals surface area contributed by atoms with Crippen molar-refractivity contribution in [3.63, 3.8) is 0 Å². The monoisotopic (exact) mass is 648 g/mol. The topological polar surface area (TPSA) is 117 Å². The van der Waals surface area contributed by atoms with Crippen LogP contribution in [0.2, 0.25) is 0 Å². The van der Waals surface area contributed by atoms with Gasteiger partial charge < -0.3 is 25.4 Å². The second-order valence-electron chi connectivity index (χ2n) is 12.9. The average molecular weight is 648 g/mol. The molecule has 0 atom stereocenters. The summed E-state index contributed by atoms with van der Waals surface area (Å²) in [5.74, 6) is 0.858. The van der Waals surface area contributed by atoms with E-state index in [1.54, 1.807) is 12.4 Å². The Morgan fingerprint density at radius 1 is 0.696 bits per heavy atom. The summed E-state index contributed by atoms with van der Waals surface area (Å²) in [6.07, 6.45) is 27.9. The van der Waals surface area contributed by atoms with Crippen LogP contribution in [-0.4, -0.2) is 71.2 Å². The fourth-order valence-corrected chi connectivity index (χ4v) is 5.88. The number of rotatable bonds is 33. The number of hydrogen-bond donors (Lipinski definition) is 3. The highest BCUT2D eigenvalue weighted by molar-refractivity contribution is 5.69. The van der Waals surface area contributed by atoms with E-state index in [4.69, 9.17) is 9.84 Å². The van der Waals surface area contributed by atoms with E-state index in [0.717, 1.165) is 108 Å². The van der Waals surface area contributed by atoms with E-state index in [2.05, 4.69) is 39.3 Å². The Morgan fingerprint density at radius 3 is 1.76 bits per heavy atom.